The van der Waals surface area contributed by atoms with Crippen molar-refractivity contribution in [2.45, 2.75) is 152 Å². The van der Waals surface area contributed by atoms with Crippen LogP contribution < -0.4 is 9.47 Å². The van der Waals surface area contributed by atoms with Crippen molar-refractivity contribution in [3.05, 3.63) is 24.3 Å². The number of rotatable bonds is 24. The highest BCUT2D eigenvalue weighted by molar-refractivity contribution is 7.85. The minimum absolute atomic E-state index is 0.0338. The van der Waals surface area contributed by atoms with Crippen LogP contribution in [0.2, 0.25) is 0 Å². The number of aromatic hydroxyl groups is 2. The fraction of sp³-hybridized carbons (Fsp3) is 0.667. The lowest BCUT2D eigenvalue weighted by molar-refractivity contribution is 0.288. The van der Waals surface area contributed by atoms with Crippen LogP contribution >= 0.6 is 0 Å². The molecule has 0 aromatic heterocycles. The fourth-order valence-electron chi connectivity index (χ4n) is 5.72. The first-order chi connectivity index (χ1) is 20.6. The van der Waals surface area contributed by atoms with E-state index in [-0.39, 0.29) is 11.5 Å². The van der Waals surface area contributed by atoms with Crippen LogP contribution in [0.3, 0.4) is 0 Å². The maximum absolute atomic E-state index is 13.4. The van der Waals surface area contributed by atoms with Crippen LogP contribution in [0.4, 0.5) is 0 Å². The Labute approximate surface area is 257 Å². The second-order valence-corrected chi connectivity index (χ2v) is 13.4. The van der Waals surface area contributed by atoms with Crippen molar-refractivity contribution in [3.8, 4) is 34.1 Å². The smallest absolute Gasteiger partial charge is 0.162 e. The van der Waals surface area contributed by atoms with Crippen LogP contribution in [0.15, 0.2) is 34.1 Å². The van der Waals surface area contributed by atoms with E-state index in [4.69, 9.17) is 9.47 Å². The van der Waals surface area contributed by atoms with Crippen molar-refractivity contribution in [3.63, 3.8) is 0 Å². The van der Waals surface area contributed by atoms with Gasteiger partial charge in [0.2, 0.25) is 0 Å². The van der Waals surface area contributed by atoms with Crippen molar-refractivity contribution < 1.29 is 23.9 Å². The molecule has 0 fully saturated rings. The molecular weight excluding hydrogens is 544 g/mol. The van der Waals surface area contributed by atoms with E-state index in [9.17, 15) is 14.4 Å². The van der Waals surface area contributed by atoms with E-state index in [1.165, 1.54) is 103 Å². The second kappa shape index (κ2) is 19.9. The van der Waals surface area contributed by atoms with Crippen molar-refractivity contribution in [1.29, 1.82) is 0 Å². The maximum atomic E-state index is 13.4. The molecule has 0 amide bonds. The van der Waals surface area contributed by atoms with Gasteiger partial charge in [-0.3, -0.25) is 0 Å². The molecule has 2 aromatic carbocycles. The van der Waals surface area contributed by atoms with Gasteiger partial charge in [0, 0.05) is 23.3 Å². The highest BCUT2D eigenvalue weighted by atomic mass is 32.2. The van der Waals surface area contributed by atoms with Gasteiger partial charge in [-0.15, -0.1) is 0 Å². The summed E-state index contributed by atoms with van der Waals surface area (Å²) in [5.41, 5.74) is 1.34. The van der Waals surface area contributed by atoms with E-state index in [0.717, 1.165) is 25.7 Å². The maximum Gasteiger partial charge on any atom is 0.162 e. The third-order valence-corrected chi connectivity index (χ3v) is 9.80. The largest absolute Gasteiger partial charge is 0.504 e. The standard InChI is InChI=1S/C36H56O5S/c1-3-5-7-9-11-13-15-17-19-21-23-40-33-27-35-29(25-31(33)37)30-26-32(38)34(28-36(30)42(35)39)41-24-22-20-18-16-14-12-10-8-6-4-2/h25-28,37-38H,3-24H2,1-2H3. The normalized spacial score (nSPS) is 12.4. The summed E-state index contributed by atoms with van der Waals surface area (Å²) < 4.78 is 25.2. The van der Waals surface area contributed by atoms with Crippen LogP contribution in [0.5, 0.6) is 23.0 Å². The summed E-state index contributed by atoms with van der Waals surface area (Å²) in [5.74, 6) is 0.804. The Morgan fingerprint density at radius 2 is 0.810 bits per heavy atom. The molecule has 236 valence electrons. The van der Waals surface area contributed by atoms with Gasteiger partial charge >= 0.3 is 0 Å². The van der Waals surface area contributed by atoms with E-state index in [2.05, 4.69) is 13.8 Å². The van der Waals surface area contributed by atoms with Gasteiger partial charge in [-0.25, -0.2) is 4.21 Å². The third-order valence-electron chi connectivity index (χ3n) is 8.32. The number of phenols is 2. The molecule has 42 heavy (non-hydrogen) atoms. The number of hydrogen-bond acceptors (Lipinski definition) is 5. The van der Waals surface area contributed by atoms with Crippen LogP contribution in [0.1, 0.15) is 142 Å². The zero-order chi connectivity index (χ0) is 30.0. The van der Waals surface area contributed by atoms with Crippen molar-refractivity contribution in [2.75, 3.05) is 13.2 Å². The molecule has 3 rings (SSSR count). The van der Waals surface area contributed by atoms with Gasteiger partial charge in [-0.1, -0.05) is 129 Å². The Kier molecular flexibility index (Phi) is 16.2. The van der Waals surface area contributed by atoms with E-state index in [1.54, 1.807) is 24.3 Å². The van der Waals surface area contributed by atoms with Gasteiger partial charge in [0.1, 0.15) is 0 Å². The monoisotopic (exact) mass is 600 g/mol. The second-order valence-electron chi connectivity index (χ2n) is 12.0. The number of phenolic OH excluding ortho intramolecular Hbond substituents is 2. The molecular formula is C36H56O5S. The van der Waals surface area contributed by atoms with Crippen LogP contribution in [0.25, 0.3) is 11.1 Å². The lowest BCUT2D eigenvalue weighted by atomic mass is 10.0. The van der Waals surface area contributed by atoms with E-state index in [1.807, 2.05) is 0 Å². The summed E-state index contributed by atoms with van der Waals surface area (Å²) in [6, 6.07) is 6.60. The van der Waals surface area contributed by atoms with Gasteiger partial charge < -0.3 is 19.7 Å². The van der Waals surface area contributed by atoms with Crippen LogP contribution in [0, 0.1) is 0 Å². The molecule has 1 heterocycles. The van der Waals surface area contributed by atoms with Crippen molar-refractivity contribution in [1.82, 2.24) is 0 Å². The molecule has 1 aliphatic rings. The van der Waals surface area contributed by atoms with E-state index < -0.39 is 10.8 Å². The molecule has 0 aliphatic carbocycles. The summed E-state index contributed by atoms with van der Waals surface area (Å²) in [5, 5.41) is 21.3. The van der Waals surface area contributed by atoms with Gasteiger partial charge in [0.05, 0.1) is 33.8 Å². The Hall–Kier alpha value is -2.21. The lowest BCUT2D eigenvalue weighted by Gasteiger charge is -2.11. The average molecular weight is 601 g/mol. The molecule has 2 N–H and O–H groups in total. The lowest BCUT2D eigenvalue weighted by Crippen LogP contribution is -1.99. The average Bonchev–Trinajstić information content (AvgIpc) is 3.23. The Morgan fingerprint density at radius 3 is 1.14 bits per heavy atom. The fourth-order valence-corrected chi connectivity index (χ4v) is 7.12. The molecule has 0 atom stereocenters. The summed E-state index contributed by atoms with van der Waals surface area (Å²) in [7, 11) is -1.42. The number of hydrogen-bond donors (Lipinski definition) is 2. The summed E-state index contributed by atoms with van der Waals surface area (Å²) in [6.07, 6.45) is 25.1. The molecule has 2 aromatic rings. The molecule has 0 bridgehead atoms. The Morgan fingerprint density at radius 1 is 0.500 bits per heavy atom. The highest BCUT2D eigenvalue weighted by Crippen LogP contribution is 2.48. The molecule has 5 nitrogen and oxygen atoms in total. The number of unbranched alkanes of at least 4 members (excludes halogenated alkanes) is 18. The number of ether oxygens (including phenoxy) is 2. The molecule has 0 radical (unpaired) electrons. The Bertz CT molecular complexity index is 999. The van der Waals surface area contributed by atoms with Gasteiger partial charge in [0.25, 0.3) is 0 Å². The number of benzene rings is 2. The van der Waals surface area contributed by atoms with E-state index in [0.29, 0.717) is 45.6 Å². The summed E-state index contributed by atoms with van der Waals surface area (Å²) in [4.78, 5) is 1.21. The first kappa shape index (κ1) is 34.3. The predicted octanol–water partition coefficient (Wildman–Crippen LogP) is 10.8. The van der Waals surface area contributed by atoms with Gasteiger partial charge in [-0.05, 0) is 25.0 Å². The molecule has 1 aliphatic heterocycles. The zero-order valence-electron chi connectivity index (χ0n) is 26.4. The quantitative estimate of drug-likeness (QED) is 0.100. The highest BCUT2D eigenvalue weighted by Gasteiger charge is 2.29. The summed E-state index contributed by atoms with van der Waals surface area (Å²) in [6.45, 7) is 5.56. The zero-order valence-corrected chi connectivity index (χ0v) is 27.2. The minimum atomic E-state index is -1.42. The predicted molar refractivity (Wildman–Crippen MR) is 175 cm³/mol. The molecule has 6 heteroatoms. The van der Waals surface area contributed by atoms with E-state index >= 15 is 0 Å². The topological polar surface area (TPSA) is 76.0 Å². The first-order valence-corrected chi connectivity index (χ1v) is 18.1. The van der Waals surface area contributed by atoms with Crippen molar-refractivity contribution in [2.24, 2.45) is 0 Å². The molecule has 0 saturated heterocycles. The van der Waals surface area contributed by atoms with Gasteiger partial charge in [0.15, 0.2) is 23.0 Å². The Balaban J connectivity index is 1.40. The summed E-state index contributed by atoms with van der Waals surface area (Å²) >= 11 is 0. The van der Waals surface area contributed by atoms with Crippen LogP contribution in [-0.2, 0) is 10.8 Å². The molecule has 0 spiro atoms. The molecule has 0 saturated carbocycles. The van der Waals surface area contributed by atoms with Crippen molar-refractivity contribution >= 4 is 10.8 Å². The minimum Gasteiger partial charge on any atom is -0.504 e. The number of fused-ring (bicyclic) bond motifs is 3. The third kappa shape index (κ3) is 11.1. The van der Waals surface area contributed by atoms with Gasteiger partial charge in [-0.2, -0.15) is 0 Å². The van der Waals surface area contributed by atoms with Crippen LogP contribution in [-0.4, -0.2) is 27.6 Å². The molecule has 0 unspecified atom stereocenters. The first-order valence-electron chi connectivity index (χ1n) is 17.0. The SMILES string of the molecule is CCCCCCCCCCCCOc1cc2c(cc1O)-c1cc(O)c(OCCCCCCCCCCCC)cc1S2=O.